The Hall–Kier alpha value is -1.35. The van der Waals surface area contributed by atoms with Gasteiger partial charge < -0.3 is 9.64 Å². The zero-order chi connectivity index (χ0) is 14.1. The van der Waals surface area contributed by atoms with Crippen LogP contribution >= 0.6 is 0 Å². The zero-order valence-corrected chi connectivity index (χ0v) is 12.3. The minimum Gasteiger partial charge on any atom is -0.491 e. The lowest BCUT2D eigenvalue weighted by atomic mass is 10.1. The molecule has 0 aliphatic carbocycles. The molecule has 3 nitrogen and oxygen atoms in total. The Bertz CT molecular complexity index is 390. The number of rotatable bonds is 9. The number of ketones is 1. The van der Waals surface area contributed by atoms with E-state index in [-0.39, 0.29) is 5.78 Å². The molecule has 1 aromatic rings. The molecule has 106 valence electrons. The van der Waals surface area contributed by atoms with Crippen molar-refractivity contribution in [2.45, 2.75) is 33.1 Å². The molecule has 0 bridgehead atoms. The molecule has 0 amide bonds. The molecule has 1 rings (SSSR count). The minimum atomic E-state index is 0.0481. The highest BCUT2D eigenvalue weighted by atomic mass is 16.5. The molecule has 0 aromatic heterocycles. The Morgan fingerprint density at radius 2 is 1.95 bits per heavy atom. The summed E-state index contributed by atoms with van der Waals surface area (Å²) in [7, 11) is 2.11. The average molecular weight is 263 g/mol. The van der Waals surface area contributed by atoms with Crippen LogP contribution in [0.2, 0.25) is 0 Å². The van der Waals surface area contributed by atoms with Crippen LogP contribution in [-0.4, -0.2) is 37.4 Å². The number of nitrogens with zero attached hydrogens (tertiary/aromatic N) is 1. The fourth-order valence-electron chi connectivity index (χ4n) is 1.94. The number of ether oxygens (including phenoxy) is 1. The summed E-state index contributed by atoms with van der Waals surface area (Å²) in [6, 6.07) is 7.42. The van der Waals surface area contributed by atoms with Crippen molar-refractivity contribution < 1.29 is 9.53 Å². The van der Waals surface area contributed by atoms with Gasteiger partial charge in [0.2, 0.25) is 0 Å². The molecule has 19 heavy (non-hydrogen) atoms. The van der Waals surface area contributed by atoms with Crippen LogP contribution in [0.1, 0.15) is 43.5 Å². The molecule has 0 heterocycles. The normalized spacial score (nSPS) is 10.7. The summed E-state index contributed by atoms with van der Waals surface area (Å²) in [5.41, 5.74) is 0.663. The van der Waals surface area contributed by atoms with Gasteiger partial charge in [-0.2, -0.15) is 0 Å². The molecule has 0 saturated heterocycles. The second-order valence-electron chi connectivity index (χ2n) is 4.91. The predicted molar refractivity (Wildman–Crippen MR) is 79.0 cm³/mol. The largest absolute Gasteiger partial charge is 0.491 e. The highest BCUT2D eigenvalue weighted by Gasteiger charge is 2.07. The summed E-state index contributed by atoms with van der Waals surface area (Å²) >= 11 is 0. The number of hydrogen-bond donors (Lipinski definition) is 0. The molecule has 0 aliphatic rings. The molecule has 0 saturated carbocycles. The quantitative estimate of drug-likeness (QED) is 0.505. The summed E-state index contributed by atoms with van der Waals surface area (Å²) in [6.07, 6.45) is 3.76. The van der Waals surface area contributed by atoms with Gasteiger partial charge in [-0.15, -0.1) is 0 Å². The Kier molecular flexibility index (Phi) is 7.19. The Labute approximate surface area is 116 Å². The molecule has 0 unspecified atom stereocenters. The van der Waals surface area contributed by atoms with Gasteiger partial charge >= 0.3 is 0 Å². The van der Waals surface area contributed by atoms with Crippen molar-refractivity contribution >= 4 is 5.78 Å². The second-order valence-corrected chi connectivity index (χ2v) is 4.91. The van der Waals surface area contributed by atoms with Crippen LogP contribution in [0.5, 0.6) is 5.75 Å². The molecule has 0 fully saturated rings. The summed E-state index contributed by atoms with van der Waals surface area (Å²) in [6.45, 7) is 6.38. The van der Waals surface area contributed by atoms with Gasteiger partial charge in [-0.1, -0.05) is 31.9 Å². The monoisotopic (exact) mass is 263 g/mol. The van der Waals surface area contributed by atoms with E-state index in [1.54, 1.807) is 6.92 Å². The van der Waals surface area contributed by atoms with E-state index < -0.39 is 0 Å². The first-order valence-corrected chi connectivity index (χ1v) is 7.06. The van der Waals surface area contributed by atoms with Crippen LogP contribution in [0.15, 0.2) is 24.3 Å². The topological polar surface area (TPSA) is 29.5 Å². The fraction of sp³-hybridized carbons (Fsp3) is 0.562. The van der Waals surface area contributed by atoms with Gasteiger partial charge in [0.15, 0.2) is 5.78 Å². The van der Waals surface area contributed by atoms with E-state index in [2.05, 4.69) is 18.9 Å². The van der Waals surface area contributed by atoms with Gasteiger partial charge in [-0.25, -0.2) is 0 Å². The molecule has 1 aromatic carbocycles. The van der Waals surface area contributed by atoms with Crippen LogP contribution in [-0.2, 0) is 0 Å². The number of carbonyl (C=O) groups is 1. The van der Waals surface area contributed by atoms with Crippen LogP contribution in [0, 0.1) is 0 Å². The third-order valence-electron chi connectivity index (χ3n) is 3.14. The molecule has 0 spiro atoms. The molecule has 0 atom stereocenters. The van der Waals surface area contributed by atoms with Crippen LogP contribution in [0.25, 0.3) is 0 Å². The smallest absolute Gasteiger partial charge is 0.163 e. The second kappa shape index (κ2) is 8.70. The van der Waals surface area contributed by atoms with Crippen LogP contribution < -0.4 is 4.74 Å². The lowest BCUT2D eigenvalue weighted by Gasteiger charge is -2.17. The molecule has 0 radical (unpaired) electrons. The maximum absolute atomic E-state index is 11.4. The van der Waals surface area contributed by atoms with Crippen molar-refractivity contribution in [3.8, 4) is 5.75 Å². The van der Waals surface area contributed by atoms with E-state index in [0.29, 0.717) is 17.9 Å². The number of para-hydroxylation sites is 1. The standard InChI is InChI=1S/C16H25NO2/c1-4-5-8-11-17(3)12-13-19-16-10-7-6-9-15(16)14(2)18/h6-7,9-10H,4-5,8,11-13H2,1-3H3. The Balaban J connectivity index is 2.35. The number of Topliss-reactive ketones (excluding diaryl/α,β-unsaturated/α-hetero) is 1. The Morgan fingerprint density at radius 1 is 1.21 bits per heavy atom. The van der Waals surface area contributed by atoms with Gasteiger partial charge in [0.25, 0.3) is 0 Å². The van der Waals surface area contributed by atoms with Gasteiger partial charge in [-0.3, -0.25) is 4.79 Å². The van der Waals surface area contributed by atoms with Crippen molar-refractivity contribution in [1.29, 1.82) is 0 Å². The van der Waals surface area contributed by atoms with Crippen LogP contribution in [0.3, 0.4) is 0 Å². The number of unbranched alkanes of at least 4 members (excludes halogenated alkanes) is 2. The highest BCUT2D eigenvalue weighted by Crippen LogP contribution is 2.18. The number of carbonyl (C=O) groups excluding carboxylic acids is 1. The van der Waals surface area contributed by atoms with E-state index in [1.807, 2.05) is 24.3 Å². The van der Waals surface area contributed by atoms with E-state index in [4.69, 9.17) is 4.74 Å². The summed E-state index contributed by atoms with van der Waals surface area (Å²) < 4.78 is 5.71. The molecule has 0 aliphatic heterocycles. The van der Waals surface area contributed by atoms with Gasteiger partial charge in [0.05, 0.1) is 5.56 Å². The van der Waals surface area contributed by atoms with E-state index in [9.17, 15) is 4.79 Å². The van der Waals surface area contributed by atoms with Crippen molar-refractivity contribution in [3.05, 3.63) is 29.8 Å². The van der Waals surface area contributed by atoms with E-state index in [1.165, 1.54) is 19.3 Å². The lowest BCUT2D eigenvalue weighted by Crippen LogP contribution is -2.25. The molecule has 0 N–H and O–H groups in total. The highest BCUT2D eigenvalue weighted by molar-refractivity contribution is 5.96. The zero-order valence-electron chi connectivity index (χ0n) is 12.3. The molecule has 3 heteroatoms. The van der Waals surface area contributed by atoms with E-state index >= 15 is 0 Å². The van der Waals surface area contributed by atoms with Gasteiger partial charge in [0.1, 0.15) is 12.4 Å². The maximum atomic E-state index is 11.4. The minimum absolute atomic E-state index is 0.0481. The van der Waals surface area contributed by atoms with Crippen LogP contribution in [0.4, 0.5) is 0 Å². The summed E-state index contributed by atoms with van der Waals surface area (Å²) in [4.78, 5) is 13.7. The first kappa shape index (κ1) is 15.7. The van der Waals surface area contributed by atoms with Crippen molar-refractivity contribution in [2.24, 2.45) is 0 Å². The first-order valence-electron chi connectivity index (χ1n) is 7.06. The molecular weight excluding hydrogens is 238 g/mol. The number of likely N-dealkylation sites (N-methyl/N-ethyl adjacent to an activating group) is 1. The maximum Gasteiger partial charge on any atom is 0.163 e. The van der Waals surface area contributed by atoms with Gasteiger partial charge in [-0.05, 0) is 39.1 Å². The Morgan fingerprint density at radius 3 is 2.63 bits per heavy atom. The lowest BCUT2D eigenvalue weighted by molar-refractivity contribution is 0.101. The fourth-order valence-corrected chi connectivity index (χ4v) is 1.94. The SMILES string of the molecule is CCCCCN(C)CCOc1ccccc1C(C)=O. The third kappa shape index (κ3) is 5.88. The van der Waals surface area contributed by atoms with Crippen molar-refractivity contribution in [3.63, 3.8) is 0 Å². The summed E-state index contributed by atoms with van der Waals surface area (Å²) in [5.74, 6) is 0.740. The first-order chi connectivity index (χ1) is 9.15. The average Bonchev–Trinajstić information content (AvgIpc) is 2.39. The number of benzene rings is 1. The predicted octanol–water partition coefficient (Wildman–Crippen LogP) is 3.39. The van der Waals surface area contributed by atoms with Gasteiger partial charge in [0, 0.05) is 6.54 Å². The number of hydrogen-bond acceptors (Lipinski definition) is 3. The summed E-state index contributed by atoms with van der Waals surface area (Å²) in [5, 5.41) is 0. The third-order valence-corrected chi connectivity index (χ3v) is 3.14. The molecular formula is C16H25NO2. The van der Waals surface area contributed by atoms with Crippen molar-refractivity contribution in [1.82, 2.24) is 4.90 Å². The van der Waals surface area contributed by atoms with E-state index in [0.717, 1.165) is 13.1 Å². The van der Waals surface area contributed by atoms with Crippen molar-refractivity contribution in [2.75, 3.05) is 26.7 Å².